The second kappa shape index (κ2) is 7.05. The van der Waals surface area contributed by atoms with E-state index in [-0.39, 0.29) is 5.91 Å². The van der Waals surface area contributed by atoms with Crippen LogP contribution in [0.1, 0.15) is 30.2 Å². The van der Waals surface area contributed by atoms with Gasteiger partial charge in [-0.25, -0.2) is 0 Å². The zero-order valence-corrected chi connectivity index (χ0v) is 15.4. The van der Waals surface area contributed by atoms with Crippen molar-refractivity contribution in [2.24, 2.45) is 13.0 Å². The van der Waals surface area contributed by atoms with Crippen LogP contribution < -0.4 is 5.32 Å². The van der Waals surface area contributed by atoms with Crippen LogP contribution in [0.4, 0.5) is 0 Å². The van der Waals surface area contributed by atoms with Gasteiger partial charge in [-0.2, -0.15) is 0 Å². The molecule has 1 amide bonds. The summed E-state index contributed by atoms with van der Waals surface area (Å²) in [6, 6.07) is 2.29. The van der Waals surface area contributed by atoms with Crippen molar-refractivity contribution in [1.29, 1.82) is 0 Å². The Morgan fingerprint density at radius 3 is 3.09 bits per heavy atom. The average Bonchev–Trinajstić information content (AvgIpc) is 3.14. The fourth-order valence-corrected chi connectivity index (χ4v) is 4.93. The minimum absolute atomic E-state index is 0.00301. The highest BCUT2D eigenvalue weighted by Gasteiger charge is 2.22. The number of hydrogen-bond donors (Lipinski definition) is 1. The maximum absolute atomic E-state index is 11.4. The van der Waals surface area contributed by atoms with Crippen molar-refractivity contribution in [2.45, 2.75) is 37.8 Å². The summed E-state index contributed by atoms with van der Waals surface area (Å²) in [5.74, 6) is 2.08. The van der Waals surface area contributed by atoms with Crippen molar-refractivity contribution in [1.82, 2.24) is 20.1 Å². The summed E-state index contributed by atoms with van der Waals surface area (Å²) in [7, 11) is 3.61. The zero-order chi connectivity index (χ0) is 16.4. The van der Waals surface area contributed by atoms with E-state index >= 15 is 0 Å². The maximum Gasteiger partial charge on any atom is 0.230 e. The van der Waals surface area contributed by atoms with Crippen molar-refractivity contribution < 1.29 is 4.79 Å². The molecule has 0 radical (unpaired) electrons. The molecular weight excluding hydrogens is 328 g/mol. The van der Waals surface area contributed by atoms with Gasteiger partial charge in [0.25, 0.3) is 0 Å². The van der Waals surface area contributed by atoms with Crippen LogP contribution in [-0.2, 0) is 24.7 Å². The van der Waals surface area contributed by atoms with E-state index in [1.54, 1.807) is 7.05 Å². The van der Waals surface area contributed by atoms with E-state index < -0.39 is 0 Å². The molecule has 0 spiro atoms. The molecule has 23 heavy (non-hydrogen) atoms. The Labute approximate surface area is 144 Å². The normalized spacial score (nSPS) is 17.1. The Hall–Kier alpha value is -1.34. The topological polar surface area (TPSA) is 59.8 Å². The largest absolute Gasteiger partial charge is 0.358 e. The third-order valence-electron chi connectivity index (χ3n) is 4.43. The van der Waals surface area contributed by atoms with Gasteiger partial charge in [-0.3, -0.25) is 4.79 Å². The average molecular weight is 351 g/mol. The fourth-order valence-electron chi connectivity index (χ4n) is 2.92. The van der Waals surface area contributed by atoms with Gasteiger partial charge in [-0.1, -0.05) is 25.1 Å². The number of amides is 1. The predicted octanol–water partition coefficient (Wildman–Crippen LogP) is 2.90. The van der Waals surface area contributed by atoms with Crippen LogP contribution in [0.3, 0.4) is 0 Å². The second-order valence-electron chi connectivity index (χ2n) is 5.90. The molecule has 0 saturated carbocycles. The first-order valence-electron chi connectivity index (χ1n) is 7.97. The lowest BCUT2D eigenvalue weighted by Crippen LogP contribution is -2.20. The zero-order valence-electron chi connectivity index (χ0n) is 13.8. The van der Waals surface area contributed by atoms with Crippen LogP contribution in [-0.4, -0.2) is 33.5 Å². The number of thioether (sulfide) groups is 1. The summed E-state index contributed by atoms with van der Waals surface area (Å²) >= 11 is 3.26. The van der Waals surface area contributed by atoms with Gasteiger partial charge in [0.05, 0.1) is 10.6 Å². The Morgan fingerprint density at radius 2 is 2.35 bits per heavy atom. The number of thiophene rings is 1. The molecule has 1 aliphatic rings. The van der Waals surface area contributed by atoms with Gasteiger partial charge >= 0.3 is 0 Å². The summed E-state index contributed by atoms with van der Waals surface area (Å²) < 4.78 is 1.99. The molecule has 0 fully saturated rings. The molecule has 2 heterocycles. The molecule has 5 nitrogen and oxygen atoms in total. The Morgan fingerprint density at radius 1 is 1.52 bits per heavy atom. The summed E-state index contributed by atoms with van der Waals surface area (Å²) in [5, 5.41) is 12.0. The summed E-state index contributed by atoms with van der Waals surface area (Å²) in [6.07, 6.45) is 4.94. The van der Waals surface area contributed by atoms with Crippen molar-refractivity contribution in [3.8, 4) is 10.7 Å². The minimum atomic E-state index is -0.00301. The lowest BCUT2D eigenvalue weighted by atomic mass is 9.87. The van der Waals surface area contributed by atoms with E-state index in [9.17, 15) is 4.79 Å². The number of carbonyl (C=O) groups excluding carboxylic acids is 1. The number of nitrogens with one attached hydrogen (secondary N) is 1. The monoisotopic (exact) mass is 350 g/mol. The number of nitrogens with zero attached hydrogens (tertiary/aromatic N) is 3. The smallest absolute Gasteiger partial charge is 0.230 e. The van der Waals surface area contributed by atoms with E-state index in [0.29, 0.717) is 5.75 Å². The van der Waals surface area contributed by atoms with Crippen LogP contribution in [0.5, 0.6) is 0 Å². The Balaban J connectivity index is 1.79. The third-order valence-corrected chi connectivity index (χ3v) is 6.68. The number of aryl methyl sites for hydroxylation is 1. The van der Waals surface area contributed by atoms with E-state index in [2.05, 4.69) is 28.5 Å². The van der Waals surface area contributed by atoms with Gasteiger partial charge in [-0.05, 0) is 36.8 Å². The van der Waals surface area contributed by atoms with Crippen molar-refractivity contribution >= 4 is 29.0 Å². The molecular formula is C16H22N4OS2. The lowest BCUT2D eigenvalue weighted by Gasteiger charge is -2.19. The van der Waals surface area contributed by atoms with E-state index in [1.807, 2.05) is 23.0 Å². The summed E-state index contributed by atoms with van der Waals surface area (Å²) in [5.41, 5.74) is 1.49. The third kappa shape index (κ3) is 3.45. The molecule has 0 bridgehead atoms. The van der Waals surface area contributed by atoms with E-state index in [4.69, 9.17) is 0 Å². The van der Waals surface area contributed by atoms with Gasteiger partial charge in [0.2, 0.25) is 5.91 Å². The fraction of sp³-hybridized carbons (Fsp3) is 0.562. The van der Waals surface area contributed by atoms with Gasteiger partial charge in [-0.15, -0.1) is 21.5 Å². The van der Waals surface area contributed by atoms with Crippen molar-refractivity contribution in [3.63, 3.8) is 0 Å². The number of fused-ring (bicyclic) bond motifs is 1. The molecule has 0 saturated heterocycles. The molecule has 1 atom stereocenters. The Bertz CT molecular complexity index is 707. The van der Waals surface area contributed by atoms with Gasteiger partial charge in [0, 0.05) is 19.0 Å². The minimum Gasteiger partial charge on any atom is -0.358 e. The molecule has 0 unspecified atom stereocenters. The van der Waals surface area contributed by atoms with Crippen LogP contribution in [0.15, 0.2) is 11.2 Å². The molecule has 2 aromatic rings. The summed E-state index contributed by atoms with van der Waals surface area (Å²) in [6.45, 7) is 2.28. The van der Waals surface area contributed by atoms with Crippen LogP contribution >= 0.6 is 23.1 Å². The first kappa shape index (κ1) is 16.5. The van der Waals surface area contributed by atoms with Crippen LogP contribution in [0.25, 0.3) is 10.7 Å². The standard InChI is InChI=1S/C16H22N4OS2/c1-4-10-5-6-12-11(7-10)8-13(23-12)15-18-19-16(20(15)3)22-9-14(21)17-2/h8,10H,4-7,9H2,1-3H3,(H,17,21)/t10-/m0/s1. The van der Waals surface area contributed by atoms with Crippen molar-refractivity contribution in [2.75, 3.05) is 12.8 Å². The van der Waals surface area contributed by atoms with Crippen LogP contribution in [0, 0.1) is 5.92 Å². The molecule has 3 rings (SSSR count). The number of hydrogen-bond acceptors (Lipinski definition) is 5. The van der Waals surface area contributed by atoms with E-state index in [1.165, 1.54) is 52.8 Å². The van der Waals surface area contributed by atoms with Gasteiger partial charge in [0.15, 0.2) is 11.0 Å². The molecule has 1 aliphatic carbocycles. The lowest BCUT2D eigenvalue weighted by molar-refractivity contribution is -0.118. The molecule has 2 aromatic heterocycles. The first-order chi connectivity index (χ1) is 11.1. The second-order valence-corrected chi connectivity index (χ2v) is 7.98. The SMILES string of the molecule is CC[C@H]1CCc2sc(-c3nnc(SCC(=O)NC)n3C)cc2C1. The highest BCUT2D eigenvalue weighted by molar-refractivity contribution is 7.99. The molecule has 0 aromatic carbocycles. The molecule has 124 valence electrons. The quantitative estimate of drug-likeness (QED) is 0.843. The maximum atomic E-state index is 11.4. The summed E-state index contributed by atoms with van der Waals surface area (Å²) in [4.78, 5) is 14.1. The van der Waals surface area contributed by atoms with Gasteiger partial charge in [0.1, 0.15) is 0 Å². The number of carbonyl (C=O) groups is 1. The molecule has 0 aliphatic heterocycles. The number of aromatic nitrogens is 3. The highest BCUT2D eigenvalue weighted by atomic mass is 32.2. The predicted molar refractivity (Wildman–Crippen MR) is 94.9 cm³/mol. The first-order valence-corrected chi connectivity index (χ1v) is 9.77. The Kier molecular flexibility index (Phi) is 5.06. The van der Waals surface area contributed by atoms with Crippen molar-refractivity contribution in [3.05, 3.63) is 16.5 Å². The number of rotatable bonds is 5. The molecule has 7 heteroatoms. The highest BCUT2D eigenvalue weighted by Crippen LogP contribution is 2.37. The van der Waals surface area contributed by atoms with Gasteiger partial charge < -0.3 is 9.88 Å². The molecule has 1 N–H and O–H groups in total. The van der Waals surface area contributed by atoms with Crippen LogP contribution in [0.2, 0.25) is 0 Å². The van der Waals surface area contributed by atoms with E-state index in [0.717, 1.165) is 16.9 Å².